The minimum Gasteiger partial charge on any atom is -0.353 e. The van der Waals surface area contributed by atoms with Crippen LogP contribution in [0.4, 0.5) is 0 Å². The average Bonchev–Trinajstić information content (AvgIpc) is 3.49. The van der Waals surface area contributed by atoms with E-state index in [4.69, 9.17) is 0 Å². The first-order valence-electron chi connectivity index (χ1n) is 10.5. The standard InChI is InChI=1S/C21H30N6O2/c1-22-21(25-17-8-10-26(13-17)18-6-7-18)24-12-15-2-4-16(5-3-15)20(29)27-11-9-23-19(28)14-27/h2-5,17-18H,6-14H2,1H3,(H,23,28)(H2,22,24,25). The molecule has 2 saturated heterocycles. The van der Waals surface area contributed by atoms with Crippen molar-refractivity contribution in [2.24, 2.45) is 4.99 Å². The monoisotopic (exact) mass is 398 g/mol. The first-order valence-corrected chi connectivity index (χ1v) is 10.5. The van der Waals surface area contributed by atoms with Gasteiger partial charge in [0.2, 0.25) is 5.91 Å². The molecule has 0 aromatic heterocycles. The highest BCUT2D eigenvalue weighted by Gasteiger charge is 2.34. The molecule has 0 spiro atoms. The van der Waals surface area contributed by atoms with Crippen molar-refractivity contribution in [3.8, 4) is 0 Å². The van der Waals surface area contributed by atoms with Gasteiger partial charge in [0.1, 0.15) is 0 Å². The maximum Gasteiger partial charge on any atom is 0.254 e. The Bertz CT molecular complexity index is 774. The third-order valence-corrected chi connectivity index (χ3v) is 5.83. The van der Waals surface area contributed by atoms with Crippen LogP contribution in [0, 0.1) is 0 Å². The number of amides is 2. The number of carbonyl (C=O) groups excluding carboxylic acids is 2. The Labute approximate surface area is 171 Å². The van der Waals surface area contributed by atoms with Gasteiger partial charge in [0, 0.05) is 57.4 Å². The number of carbonyl (C=O) groups is 2. The molecule has 0 bridgehead atoms. The summed E-state index contributed by atoms with van der Waals surface area (Å²) in [5.74, 6) is 0.609. The van der Waals surface area contributed by atoms with E-state index in [1.165, 1.54) is 19.4 Å². The number of nitrogens with one attached hydrogen (secondary N) is 3. The second-order valence-electron chi connectivity index (χ2n) is 8.06. The summed E-state index contributed by atoms with van der Waals surface area (Å²) in [5, 5.41) is 9.62. The van der Waals surface area contributed by atoms with Crippen molar-refractivity contribution in [2.45, 2.75) is 37.9 Å². The van der Waals surface area contributed by atoms with Crippen LogP contribution in [0.15, 0.2) is 29.3 Å². The molecule has 156 valence electrons. The normalized spacial score (nSPS) is 23.1. The minimum atomic E-state index is -0.105. The van der Waals surface area contributed by atoms with Crippen molar-refractivity contribution in [2.75, 3.05) is 39.8 Å². The maximum atomic E-state index is 12.5. The summed E-state index contributed by atoms with van der Waals surface area (Å²) >= 11 is 0. The lowest BCUT2D eigenvalue weighted by Gasteiger charge is -2.26. The number of guanidine groups is 1. The van der Waals surface area contributed by atoms with Gasteiger partial charge < -0.3 is 20.9 Å². The molecular weight excluding hydrogens is 368 g/mol. The first kappa shape index (κ1) is 19.7. The molecule has 3 aliphatic rings. The quantitative estimate of drug-likeness (QED) is 0.486. The van der Waals surface area contributed by atoms with Crippen LogP contribution in [0.1, 0.15) is 35.2 Å². The summed E-state index contributed by atoms with van der Waals surface area (Å²) in [6, 6.07) is 8.81. The summed E-state index contributed by atoms with van der Waals surface area (Å²) in [4.78, 5) is 32.5. The number of rotatable bonds is 5. The Morgan fingerprint density at radius 2 is 2.00 bits per heavy atom. The van der Waals surface area contributed by atoms with E-state index in [0.29, 0.717) is 31.2 Å². The lowest BCUT2D eigenvalue weighted by Crippen LogP contribution is -2.49. The topological polar surface area (TPSA) is 89.1 Å². The molecule has 3 fully saturated rings. The fraction of sp³-hybridized carbons (Fsp3) is 0.571. The Balaban J connectivity index is 1.25. The summed E-state index contributed by atoms with van der Waals surface area (Å²) in [7, 11) is 1.79. The van der Waals surface area contributed by atoms with Crippen LogP contribution in [0.3, 0.4) is 0 Å². The van der Waals surface area contributed by atoms with Gasteiger partial charge in [-0.3, -0.25) is 19.5 Å². The van der Waals surface area contributed by atoms with Gasteiger partial charge in [-0.15, -0.1) is 0 Å². The van der Waals surface area contributed by atoms with Gasteiger partial charge >= 0.3 is 0 Å². The first-order chi connectivity index (χ1) is 14.1. The number of piperazine rings is 1. The van der Waals surface area contributed by atoms with Crippen LogP contribution in [-0.2, 0) is 11.3 Å². The molecule has 2 heterocycles. The molecular formula is C21H30N6O2. The predicted molar refractivity (Wildman–Crippen MR) is 112 cm³/mol. The Morgan fingerprint density at radius 3 is 2.69 bits per heavy atom. The zero-order valence-corrected chi connectivity index (χ0v) is 17.0. The lowest BCUT2D eigenvalue weighted by atomic mass is 10.1. The third kappa shape index (κ3) is 5.06. The highest BCUT2D eigenvalue weighted by atomic mass is 16.2. The van der Waals surface area contributed by atoms with Gasteiger partial charge in [-0.1, -0.05) is 12.1 Å². The molecule has 0 radical (unpaired) electrons. The molecule has 1 unspecified atom stereocenters. The molecule has 4 rings (SSSR count). The molecule has 2 aliphatic heterocycles. The molecule has 1 aromatic carbocycles. The van der Waals surface area contributed by atoms with Crippen molar-refractivity contribution >= 4 is 17.8 Å². The number of aliphatic imine (C=N–C) groups is 1. The van der Waals surface area contributed by atoms with E-state index in [2.05, 4.69) is 25.8 Å². The minimum absolute atomic E-state index is 0.0988. The molecule has 8 nitrogen and oxygen atoms in total. The zero-order chi connectivity index (χ0) is 20.2. The highest BCUT2D eigenvalue weighted by molar-refractivity contribution is 5.97. The van der Waals surface area contributed by atoms with E-state index < -0.39 is 0 Å². The smallest absolute Gasteiger partial charge is 0.254 e. The van der Waals surface area contributed by atoms with Crippen LogP contribution >= 0.6 is 0 Å². The van der Waals surface area contributed by atoms with Gasteiger partial charge in [-0.05, 0) is 37.0 Å². The molecule has 1 aliphatic carbocycles. The molecule has 3 N–H and O–H groups in total. The van der Waals surface area contributed by atoms with E-state index in [9.17, 15) is 9.59 Å². The molecule has 1 saturated carbocycles. The Hall–Kier alpha value is -2.61. The van der Waals surface area contributed by atoms with Crippen molar-refractivity contribution in [3.05, 3.63) is 35.4 Å². The van der Waals surface area contributed by atoms with Crippen molar-refractivity contribution < 1.29 is 9.59 Å². The molecule has 29 heavy (non-hydrogen) atoms. The maximum absolute atomic E-state index is 12.5. The average molecular weight is 399 g/mol. The molecule has 1 aromatic rings. The van der Waals surface area contributed by atoms with Gasteiger partial charge in [0.15, 0.2) is 5.96 Å². The second kappa shape index (κ2) is 8.82. The number of benzene rings is 1. The molecule has 1 atom stereocenters. The van der Waals surface area contributed by atoms with Crippen LogP contribution in [-0.4, -0.2) is 79.4 Å². The van der Waals surface area contributed by atoms with Crippen LogP contribution in [0.5, 0.6) is 0 Å². The fourth-order valence-corrected chi connectivity index (χ4v) is 4.01. The van der Waals surface area contributed by atoms with Gasteiger partial charge in [-0.2, -0.15) is 0 Å². The number of hydrogen-bond donors (Lipinski definition) is 3. The van der Waals surface area contributed by atoms with E-state index >= 15 is 0 Å². The fourth-order valence-electron chi connectivity index (χ4n) is 4.01. The predicted octanol–water partition coefficient (Wildman–Crippen LogP) is 0.160. The van der Waals surface area contributed by atoms with Crippen LogP contribution in [0.25, 0.3) is 0 Å². The number of likely N-dealkylation sites (tertiary alicyclic amines) is 1. The SMILES string of the molecule is CN=C(NCc1ccc(C(=O)N2CCNC(=O)C2)cc1)NC1CCN(C2CC2)C1. The van der Waals surface area contributed by atoms with Crippen LogP contribution in [0.2, 0.25) is 0 Å². The summed E-state index contributed by atoms with van der Waals surface area (Å²) in [5.41, 5.74) is 1.68. The largest absolute Gasteiger partial charge is 0.353 e. The second-order valence-corrected chi connectivity index (χ2v) is 8.06. The molecule has 8 heteroatoms. The van der Waals surface area contributed by atoms with Gasteiger partial charge in [-0.25, -0.2) is 0 Å². The van der Waals surface area contributed by atoms with Gasteiger partial charge in [0.05, 0.1) is 6.54 Å². The zero-order valence-electron chi connectivity index (χ0n) is 17.0. The molecule has 2 amide bonds. The highest BCUT2D eigenvalue weighted by Crippen LogP contribution is 2.29. The number of nitrogens with zero attached hydrogens (tertiary/aromatic N) is 3. The Kier molecular flexibility index (Phi) is 5.99. The van der Waals surface area contributed by atoms with E-state index in [1.807, 2.05) is 24.3 Å². The lowest BCUT2D eigenvalue weighted by molar-refractivity contribution is -0.123. The summed E-state index contributed by atoms with van der Waals surface area (Å²) < 4.78 is 0. The van der Waals surface area contributed by atoms with E-state index in [0.717, 1.165) is 30.5 Å². The number of hydrogen-bond acceptors (Lipinski definition) is 4. The summed E-state index contributed by atoms with van der Waals surface area (Å²) in [6.07, 6.45) is 3.86. The summed E-state index contributed by atoms with van der Waals surface area (Å²) in [6.45, 7) is 4.10. The third-order valence-electron chi connectivity index (χ3n) is 5.83. The Morgan fingerprint density at radius 1 is 1.21 bits per heavy atom. The van der Waals surface area contributed by atoms with Gasteiger partial charge in [0.25, 0.3) is 5.91 Å². The van der Waals surface area contributed by atoms with Crippen molar-refractivity contribution in [3.63, 3.8) is 0 Å². The van der Waals surface area contributed by atoms with E-state index in [1.54, 1.807) is 11.9 Å². The van der Waals surface area contributed by atoms with Crippen molar-refractivity contribution in [1.82, 2.24) is 25.8 Å². The van der Waals surface area contributed by atoms with E-state index in [-0.39, 0.29) is 18.4 Å². The van der Waals surface area contributed by atoms with Crippen LogP contribution < -0.4 is 16.0 Å². The van der Waals surface area contributed by atoms with Crippen molar-refractivity contribution in [1.29, 1.82) is 0 Å².